The Kier molecular flexibility index (Phi) is 26.1. The van der Waals surface area contributed by atoms with Crippen molar-refractivity contribution in [3.63, 3.8) is 0 Å². The molecule has 3 atom stereocenters. The van der Waals surface area contributed by atoms with Gasteiger partial charge in [-0.2, -0.15) is 0 Å². The van der Waals surface area contributed by atoms with Crippen LogP contribution in [0.5, 0.6) is 0 Å². The van der Waals surface area contributed by atoms with Gasteiger partial charge < -0.3 is 31.6 Å². The van der Waals surface area contributed by atoms with Gasteiger partial charge in [-0.15, -0.1) is 24.8 Å². The Balaban J connectivity index is 0.000000470. The normalized spacial score (nSPS) is 17.7. The van der Waals surface area contributed by atoms with Crippen molar-refractivity contribution >= 4 is 94.1 Å². The molecule has 17 nitrogen and oxygen atoms in total. The molecule has 0 radical (unpaired) electrons. The molecule has 3 aliphatic heterocycles. The summed E-state index contributed by atoms with van der Waals surface area (Å²) in [6, 6.07) is 23.0. The van der Waals surface area contributed by atoms with Gasteiger partial charge in [0.25, 0.3) is 0 Å². The quantitative estimate of drug-likeness (QED) is 0.0700. The van der Waals surface area contributed by atoms with E-state index in [2.05, 4.69) is 42.5 Å². The zero-order valence-corrected chi connectivity index (χ0v) is 42.6. The lowest BCUT2D eigenvalue weighted by Gasteiger charge is -2.21. The predicted octanol–water partition coefficient (Wildman–Crippen LogP) is 6.37. The van der Waals surface area contributed by atoms with E-state index in [1.54, 1.807) is 6.07 Å². The molecule has 0 bridgehead atoms. The number of alkyl carbamates (subject to hydrolysis) is 2. The third-order valence-electron chi connectivity index (χ3n) is 9.68. The summed E-state index contributed by atoms with van der Waals surface area (Å²) in [5.74, 6) is -1.39. The molecular formula is C48H66BrCl2N7O10. The number of rotatable bonds is 9. The monoisotopic (exact) mass is 1050 g/mol. The number of ether oxygens (including phenoxy) is 2. The fourth-order valence-electron chi connectivity index (χ4n) is 6.53. The van der Waals surface area contributed by atoms with Crippen molar-refractivity contribution in [1.82, 2.24) is 26.6 Å². The van der Waals surface area contributed by atoms with Crippen LogP contribution in [0.15, 0.2) is 72.8 Å². The summed E-state index contributed by atoms with van der Waals surface area (Å²) in [5, 5.41) is 12.3. The first-order valence-corrected chi connectivity index (χ1v) is 22.7. The maximum Gasteiger partial charge on any atom is 0.407 e. The van der Waals surface area contributed by atoms with E-state index in [1.807, 2.05) is 108 Å². The molecule has 374 valence electrons. The summed E-state index contributed by atoms with van der Waals surface area (Å²) >= 11 is 3.12. The number of piperidine rings is 3. The first-order valence-electron chi connectivity index (χ1n) is 21.8. The molecular weight excluding hydrogens is 985 g/mol. The molecule has 0 saturated carbocycles. The number of carbonyl (C=O) groups excluding carboxylic acids is 8. The molecule has 3 unspecified atom stereocenters. The van der Waals surface area contributed by atoms with Crippen LogP contribution in [0.1, 0.15) is 108 Å². The van der Waals surface area contributed by atoms with Gasteiger partial charge in [0, 0.05) is 56.4 Å². The van der Waals surface area contributed by atoms with Gasteiger partial charge in [-0.1, -0.05) is 76.6 Å². The van der Waals surface area contributed by atoms with E-state index in [1.165, 1.54) is 0 Å². The highest BCUT2D eigenvalue weighted by Gasteiger charge is 2.28. The lowest BCUT2D eigenvalue weighted by atomic mass is 9.91. The van der Waals surface area contributed by atoms with Gasteiger partial charge in [-0.3, -0.25) is 44.7 Å². The summed E-state index contributed by atoms with van der Waals surface area (Å²) in [4.78, 5) is 89.6. The van der Waals surface area contributed by atoms with Gasteiger partial charge in [0.05, 0.1) is 4.83 Å². The second-order valence-electron chi connectivity index (χ2n) is 17.9. The van der Waals surface area contributed by atoms with Crippen LogP contribution in [-0.4, -0.2) is 63.7 Å². The molecule has 3 heterocycles. The molecule has 68 heavy (non-hydrogen) atoms. The molecule has 3 fully saturated rings. The fourth-order valence-corrected chi connectivity index (χ4v) is 6.88. The van der Waals surface area contributed by atoms with Crippen LogP contribution in [0, 0.1) is 11.8 Å². The van der Waals surface area contributed by atoms with E-state index >= 15 is 0 Å². The molecule has 8 amide bonds. The fraction of sp³-hybridized carbons (Fsp3) is 0.458. The van der Waals surface area contributed by atoms with Crippen LogP contribution in [0.4, 0.5) is 15.3 Å². The molecule has 9 N–H and O–H groups in total. The lowest BCUT2D eigenvalue weighted by Crippen LogP contribution is -2.41. The number of nitrogen functional groups attached to an aromatic ring is 1. The highest BCUT2D eigenvalue weighted by molar-refractivity contribution is 9.10. The number of halogens is 3. The number of nitrogens with one attached hydrogen (secondary N) is 5. The third-order valence-corrected chi connectivity index (χ3v) is 10.6. The maximum atomic E-state index is 11.8. The Bertz CT molecular complexity index is 2200. The Morgan fingerprint density at radius 1 is 0.588 bits per heavy atom. The molecule has 0 aliphatic carbocycles. The van der Waals surface area contributed by atoms with E-state index in [0.29, 0.717) is 76.7 Å². The Hall–Kier alpha value is -5.56. The highest BCUT2D eigenvalue weighted by Crippen LogP contribution is 2.21. The topological polar surface area (TPSA) is 267 Å². The zero-order chi connectivity index (χ0) is 49.0. The number of hydrogen-bond acceptors (Lipinski definition) is 12. The number of alkyl halides is 1. The van der Waals surface area contributed by atoms with E-state index in [4.69, 9.17) is 20.9 Å². The van der Waals surface area contributed by atoms with Crippen molar-refractivity contribution in [3.05, 3.63) is 101 Å². The summed E-state index contributed by atoms with van der Waals surface area (Å²) < 4.78 is 10.3. The number of anilines is 1. The van der Waals surface area contributed by atoms with Crippen molar-refractivity contribution in [2.75, 3.05) is 5.73 Å². The van der Waals surface area contributed by atoms with E-state index in [-0.39, 0.29) is 76.9 Å². The van der Waals surface area contributed by atoms with Crippen molar-refractivity contribution in [1.29, 1.82) is 0 Å². The molecule has 3 saturated heterocycles. The first kappa shape index (κ1) is 60.5. The number of carbonyl (C=O) groups is 8. The lowest BCUT2D eigenvalue weighted by molar-refractivity contribution is -0.137. The van der Waals surface area contributed by atoms with Crippen molar-refractivity contribution in [2.24, 2.45) is 17.6 Å². The minimum atomic E-state index is -0.530. The Labute approximate surface area is 419 Å². The third kappa shape index (κ3) is 24.5. The number of hydrogen-bond donors (Lipinski definition) is 7. The van der Waals surface area contributed by atoms with E-state index < -0.39 is 23.4 Å². The van der Waals surface area contributed by atoms with E-state index in [9.17, 15) is 38.4 Å². The molecule has 3 aromatic carbocycles. The predicted molar refractivity (Wildman–Crippen MR) is 267 cm³/mol. The number of imide groups is 3. The average molecular weight is 1050 g/mol. The van der Waals surface area contributed by atoms with E-state index in [0.717, 1.165) is 27.8 Å². The van der Waals surface area contributed by atoms with Crippen LogP contribution >= 0.6 is 40.7 Å². The number of amides is 8. The Morgan fingerprint density at radius 2 is 0.956 bits per heavy atom. The summed E-state index contributed by atoms with van der Waals surface area (Å²) in [7, 11) is 0. The maximum absolute atomic E-state index is 11.8. The minimum absolute atomic E-state index is 0. The Morgan fingerprint density at radius 3 is 1.34 bits per heavy atom. The largest absolute Gasteiger partial charge is 0.444 e. The van der Waals surface area contributed by atoms with Gasteiger partial charge in [0.2, 0.25) is 35.4 Å². The van der Waals surface area contributed by atoms with Gasteiger partial charge in [0.15, 0.2) is 0 Å². The van der Waals surface area contributed by atoms with Gasteiger partial charge in [-0.05, 0) is 114 Å². The number of benzene rings is 3. The van der Waals surface area contributed by atoms with Gasteiger partial charge in [-0.25, -0.2) is 9.59 Å². The minimum Gasteiger partial charge on any atom is -0.444 e. The van der Waals surface area contributed by atoms with Crippen LogP contribution in [0.25, 0.3) is 0 Å². The first-order chi connectivity index (χ1) is 31.0. The van der Waals surface area contributed by atoms with Gasteiger partial charge >= 0.3 is 12.2 Å². The number of nitrogens with two attached hydrogens (primary N) is 2. The van der Waals surface area contributed by atoms with Crippen LogP contribution in [0.3, 0.4) is 0 Å². The molecule has 20 heteroatoms. The summed E-state index contributed by atoms with van der Waals surface area (Å²) in [5.41, 5.74) is 15.9. The molecule has 0 aromatic heterocycles. The van der Waals surface area contributed by atoms with Crippen LogP contribution in [-0.2, 0) is 70.7 Å². The van der Waals surface area contributed by atoms with Crippen LogP contribution in [0.2, 0.25) is 0 Å². The summed E-state index contributed by atoms with van der Waals surface area (Å²) in [6.07, 6.45) is 3.47. The summed E-state index contributed by atoms with van der Waals surface area (Å²) in [6.45, 7) is 12.2. The average Bonchev–Trinajstić information content (AvgIpc) is 3.23. The molecule has 3 aromatic rings. The molecule has 3 aliphatic rings. The van der Waals surface area contributed by atoms with Crippen molar-refractivity contribution in [2.45, 2.75) is 129 Å². The van der Waals surface area contributed by atoms with Gasteiger partial charge in [0.1, 0.15) is 11.2 Å². The standard InChI is InChI=1S/C18H24N2O4.C13H16N2O2.C12H18N2O2.C5H6BrNO2.2ClH/c1-18(2,3)24-17(23)19-11-13-6-4-5-12(9-13)10-14-7-8-15(21)20-16(14)22;14-8-10-3-1-2-9(6-10)7-11-4-5-12(16)15-13(11)17;1-12(2,3)16-11(15)14-8-9-5-4-6-10(13)7-9;6-3-1-2-4(8)7-5(3)9;;/h4-6,9,14H,7-8,10-11H2,1-3H3,(H,19,23)(H,20,21,22);1-3,6,11H,4-5,7-8,14H2,(H,15,16,17);4-7H,8,13H2,1-3H3,(H,14,15);3H,1-2H2,(H,7,8,9);2*1H. The smallest absolute Gasteiger partial charge is 0.407 e. The van der Waals surface area contributed by atoms with Crippen molar-refractivity contribution < 1.29 is 47.8 Å². The zero-order valence-electron chi connectivity index (χ0n) is 39.4. The van der Waals surface area contributed by atoms with Crippen molar-refractivity contribution in [3.8, 4) is 0 Å². The second kappa shape index (κ2) is 29.4. The molecule has 6 rings (SSSR count). The highest BCUT2D eigenvalue weighted by atomic mass is 79.9. The van der Waals surface area contributed by atoms with Crippen LogP contribution < -0.4 is 38.1 Å². The SMILES string of the molecule is CC(C)(C)OC(=O)NCc1cccc(CC2CCC(=O)NC2=O)c1.CC(C)(C)OC(=O)NCc1cccc(N)c1.Cl.Cl.NCc1cccc(CC2CCC(=O)NC2=O)c1.O=C1CCC(Br)C(=O)N1. The molecule has 0 spiro atoms. The second-order valence-corrected chi connectivity index (χ2v) is 19.0.